The summed E-state index contributed by atoms with van der Waals surface area (Å²) in [5, 5.41) is 10.8. The lowest BCUT2D eigenvalue weighted by atomic mass is 9.35. The molecule has 1 unspecified atom stereocenters. The number of aliphatic hydroxyl groups is 1. The number of hydrogen-bond acceptors (Lipinski definition) is 1. The first kappa shape index (κ1) is 23.6. The van der Waals surface area contributed by atoms with Crippen LogP contribution in [0.5, 0.6) is 0 Å². The minimum Gasteiger partial charge on any atom is -0.393 e. The van der Waals surface area contributed by atoms with Crippen molar-refractivity contribution in [1.82, 2.24) is 0 Å². The van der Waals surface area contributed by atoms with Gasteiger partial charge < -0.3 is 5.11 Å². The fourth-order valence-corrected chi connectivity index (χ4v) is 9.76. The van der Waals surface area contributed by atoms with Gasteiger partial charge in [-0.05, 0) is 124 Å². The van der Waals surface area contributed by atoms with E-state index in [1.54, 1.807) is 5.57 Å². The van der Waals surface area contributed by atoms with Gasteiger partial charge in [-0.25, -0.2) is 0 Å². The van der Waals surface area contributed by atoms with Crippen LogP contribution in [0.25, 0.3) is 0 Å². The van der Waals surface area contributed by atoms with E-state index < -0.39 is 0 Å². The van der Waals surface area contributed by atoms with Crippen molar-refractivity contribution in [2.45, 2.75) is 126 Å². The Morgan fingerprint density at radius 3 is 2.26 bits per heavy atom. The van der Waals surface area contributed by atoms with Crippen LogP contribution in [0, 0.1) is 39.4 Å². The Morgan fingerprint density at radius 1 is 0.871 bits per heavy atom. The number of hydrogen-bond donors (Lipinski definition) is 1. The van der Waals surface area contributed by atoms with Crippen LogP contribution < -0.4 is 0 Å². The third-order valence-electron chi connectivity index (χ3n) is 11.8. The van der Waals surface area contributed by atoms with Crippen molar-refractivity contribution in [1.29, 1.82) is 0 Å². The molecule has 0 aliphatic heterocycles. The first-order valence-corrected chi connectivity index (χ1v) is 13.4. The first-order valence-electron chi connectivity index (χ1n) is 13.4. The molecule has 176 valence electrons. The predicted molar refractivity (Wildman–Crippen MR) is 133 cm³/mol. The summed E-state index contributed by atoms with van der Waals surface area (Å²) in [4.78, 5) is 0. The molecular formula is C30H50O. The van der Waals surface area contributed by atoms with Crippen LogP contribution in [0.15, 0.2) is 22.8 Å². The molecule has 0 aromatic carbocycles. The van der Waals surface area contributed by atoms with Crippen molar-refractivity contribution in [3.8, 4) is 0 Å². The molecule has 4 aliphatic rings. The molecule has 4 fully saturated rings. The van der Waals surface area contributed by atoms with Crippen molar-refractivity contribution in [3.05, 3.63) is 22.8 Å². The largest absolute Gasteiger partial charge is 0.393 e. The fourth-order valence-electron chi connectivity index (χ4n) is 9.76. The lowest BCUT2D eigenvalue weighted by Crippen LogP contribution is -2.63. The number of rotatable bonds is 3. The van der Waals surface area contributed by atoms with Crippen molar-refractivity contribution in [3.63, 3.8) is 0 Å². The second-order valence-corrected chi connectivity index (χ2v) is 13.6. The van der Waals surface area contributed by atoms with Crippen LogP contribution in [0.4, 0.5) is 0 Å². The third-order valence-corrected chi connectivity index (χ3v) is 11.8. The maximum atomic E-state index is 10.8. The van der Waals surface area contributed by atoms with Gasteiger partial charge in [0.1, 0.15) is 0 Å². The molecule has 0 aromatic rings. The SMILES string of the molecule is CC(C)=CCC/C(C)=C1\CC[C@@]2(C)C1CC[C@H]1[C@@]3(C)CC[C@H](O)C(C)(C)[C@@H]3CC[C@@]12C. The van der Waals surface area contributed by atoms with Gasteiger partial charge in [0.2, 0.25) is 0 Å². The Hall–Kier alpha value is -0.560. The van der Waals surface area contributed by atoms with E-state index in [1.165, 1.54) is 63.4 Å². The molecule has 1 heteroatoms. The highest BCUT2D eigenvalue weighted by molar-refractivity contribution is 5.29. The Bertz CT molecular complexity index is 767. The molecule has 4 aliphatic carbocycles. The first-order chi connectivity index (χ1) is 14.4. The highest BCUT2D eigenvalue weighted by Crippen LogP contribution is 2.75. The maximum Gasteiger partial charge on any atom is 0.0594 e. The van der Waals surface area contributed by atoms with Crippen molar-refractivity contribution in [2.75, 3.05) is 0 Å². The van der Waals surface area contributed by atoms with E-state index in [9.17, 15) is 5.11 Å². The quantitative estimate of drug-likeness (QED) is 0.449. The Balaban J connectivity index is 1.64. The Morgan fingerprint density at radius 2 is 1.58 bits per heavy atom. The summed E-state index contributed by atoms with van der Waals surface area (Å²) in [6, 6.07) is 0. The van der Waals surface area contributed by atoms with Crippen molar-refractivity contribution in [2.24, 2.45) is 39.4 Å². The molecule has 0 bridgehead atoms. The van der Waals surface area contributed by atoms with E-state index in [0.717, 1.165) is 18.3 Å². The van der Waals surface area contributed by atoms with E-state index >= 15 is 0 Å². The molecule has 0 amide bonds. The standard InChI is InChI=1S/C30H50O/c1-20(2)10-9-11-21(3)22-14-18-29(7)23(22)12-13-25-28(6)17-16-26(31)27(4,5)24(28)15-19-30(25,29)8/h10,23-26,31H,9,11-19H2,1-8H3/b22-21+/t23?,24-,25-,26-,28-,29-,30-/m0/s1. The van der Waals surface area contributed by atoms with Crippen LogP contribution in [0.2, 0.25) is 0 Å². The van der Waals surface area contributed by atoms with Gasteiger partial charge in [-0.2, -0.15) is 0 Å². The minimum absolute atomic E-state index is 0.0638. The molecule has 7 atom stereocenters. The summed E-state index contributed by atoms with van der Waals surface area (Å²) < 4.78 is 0. The molecule has 1 N–H and O–H groups in total. The Kier molecular flexibility index (Phi) is 5.90. The lowest BCUT2D eigenvalue weighted by molar-refractivity contribution is -0.217. The van der Waals surface area contributed by atoms with Gasteiger partial charge in [0.05, 0.1) is 6.10 Å². The summed E-state index contributed by atoms with van der Waals surface area (Å²) in [7, 11) is 0. The van der Waals surface area contributed by atoms with Crippen molar-refractivity contribution >= 4 is 0 Å². The lowest BCUT2D eigenvalue weighted by Gasteiger charge is -2.69. The molecule has 0 saturated heterocycles. The molecule has 4 saturated carbocycles. The van der Waals surface area contributed by atoms with E-state index in [1.807, 2.05) is 5.57 Å². The van der Waals surface area contributed by atoms with Gasteiger partial charge in [-0.15, -0.1) is 0 Å². The van der Waals surface area contributed by atoms with Gasteiger partial charge >= 0.3 is 0 Å². The molecular weight excluding hydrogens is 376 g/mol. The van der Waals surface area contributed by atoms with Crippen LogP contribution in [0.1, 0.15) is 120 Å². The van der Waals surface area contributed by atoms with Gasteiger partial charge in [0.25, 0.3) is 0 Å². The van der Waals surface area contributed by atoms with Crippen LogP contribution in [-0.2, 0) is 0 Å². The predicted octanol–water partition coefficient (Wildman–Crippen LogP) is 8.48. The Labute approximate surface area is 193 Å². The summed E-state index contributed by atoms with van der Waals surface area (Å²) in [6.07, 6.45) is 15.2. The molecule has 0 radical (unpaired) electrons. The molecule has 1 nitrogen and oxygen atoms in total. The highest BCUT2D eigenvalue weighted by atomic mass is 16.3. The van der Waals surface area contributed by atoms with Crippen LogP contribution >= 0.6 is 0 Å². The second-order valence-electron chi connectivity index (χ2n) is 13.6. The fraction of sp³-hybridized carbons (Fsp3) is 0.867. The number of aliphatic hydroxyl groups excluding tert-OH is 1. The zero-order chi connectivity index (χ0) is 22.8. The topological polar surface area (TPSA) is 20.2 Å². The zero-order valence-corrected chi connectivity index (χ0v) is 21.9. The van der Waals surface area contributed by atoms with E-state index in [2.05, 4.69) is 61.5 Å². The third kappa shape index (κ3) is 3.34. The maximum absolute atomic E-state index is 10.8. The summed E-state index contributed by atoms with van der Waals surface area (Å²) in [5.41, 5.74) is 6.36. The molecule has 0 heterocycles. The highest BCUT2D eigenvalue weighted by Gasteiger charge is 2.67. The van der Waals surface area contributed by atoms with E-state index in [0.29, 0.717) is 22.2 Å². The molecule has 31 heavy (non-hydrogen) atoms. The normalized spacial score (nSPS) is 47.8. The average molecular weight is 427 g/mol. The number of allylic oxidation sites excluding steroid dienone is 4. The smallest absolute Gasteiger partial charge is 0.0594 e. The van der Waals surface area contributed by atoms with Gasteiger partial charge in [0.15, 0.2) is 0 Å². The van der Waals surface area contributed by atoms with E-state index in [4.69, 9.17) is 0 Å². The molecule has 4 rings (SSSR count). The monoisotopic (exact) mass is 426 g/mol. The minimum atomic E-state index is -0.119. The summed E-state index contributed by atoms with van der Waals surface area (Å²) >= 11 is 0. The van der Waals surface area contributed by atoms with Crippen LogP contribution in [0.3, 0.4) is 0 Å². The average Bonchev–Trinajstić information content (AvgIpc) is 3.03. The van der Waals surface area contributed by atoms with Crippen molar-refractivity contribution < 1.29 is 5.11 Å². The van der Waals surface area contributed by atoms with E-state index in [-0.39, 0.29) is 11.5 Å². The van der Waals surface area contributed by atoms with Gasteiger partial charge in [0, 0.05) is 0 Å². The number of fused-ring (bicyclic) bond motifs is 5. The van der Waals surface area contributed by atoms with Gasteiger partial charge in [-0.3, -0.25) is 0 Å². The molecule has 0 spiro atoms. The zero-order valence-electron chi connectivity index (χ0n) is 21.9. The van der Waals surface area contributed by atoms with Crippen LogP contribution in [-0.4, -0.2) is 11.2 Å². The molecule has 0 aromatic heterocycles. The second kappa shape index (κ2) is 7.75. The van der Waals surface area contributed by atoms with Gasteiger partial charge in [-0.1, -0.05) is 57.4 Å². The summed E-state index contributed by atoms with van der Waals surface area (Å²) in [6.45, 7) is 19.6. The summed E-state index contributed by atoms with van der Waals surface area (Å²) in [5.74, 6) is 2.30.